The topological polar surface area (TPSA) is 75.7 Å². The molecule has 150 valence electrons. The molecule has 0 unspecified atom stereocenters. The van der Waals surface area contributed by atoms with E-state index in [0.29, 0.717) is 30.4 Å². The van der Waals surface area contributed by atoms with Gasteiger partial charge in [0.05, 0.1) is 4.90 Å². The molecule has 1 heterocycles. The molecule has 1 saturated heterocycles. The summed E-state index contributed by atoms with van der Waals surface area (Å²) in [5.41, 5.74) is 0.667. The lowest BCUT2D eigenvalue weighted by Gasteiger charge is -2.29. The van der Waals surface area contributed by atoms with Crippen molar-refractivity contribution in [1.82, 2.24) is 4.31 Å². The Balaban J connectivity index is 1.56. The molecule has 0 radical (unpaired) electrons. The van der Waals surface area contributed by atoms with Crippen molar-refractivity contribution < 1.29 is 17.9 Å². The molecule has 1 N–H and O–H groups in total. The first kappa shape index (κ1) is 20.8. The quantitative estimate of drug-likeness (QED) is 0.700. The van der Waals surface area contributed by atoms with Crippen molar-refractivity contribution >= 4 is 37.5 Å². The lowest BCUT2D eigenvalue weighted by molar-refractivity contribution is -0.118. The number of hydrogen-bond donors (Lipinski definition) is 1. The third kappa shape index (κ3) is 5.33. The maximum atomic E-state index is 12.7. The van der Waals surface area contributed by atoms with Gasteiger partial charge in [0.25, 0.3) is 5.91 Å². The van der Waals surface area contributed by atoms with Gasteiger partial charge >= 0.3 is 0 Å². The van der Waals surface area contributed by atoms with Crippen LogP contribution in [0.25, 0.3) is 0 Å². The number of carbonyl (C=O) groups excluding carboxylic acids is 1. The van der Waals surface area contributed by atoms with Crippen molar-refractivity contribution in [2.75, 3.05) is 25.0 Å². The minimum atomic E-state index is -3.48. The lowest BCUT2D eigenvalue weighted by atomic mass is 10.0. The van der Waals surface area contributed by atoms with Gasteiger partial charge in [-0.25, -0.2) is 8.42 Å². The monoisotopic (exact) mass is 466 g/mol. The number of anilines is 1. The fourth-order valence-electron chi connectivity index (χ4n) is 2.99. The lowest BCUT2D eigenvalue weighted by Crippen LogP contribution is -2.37. The van der Waals surface area contributed by atoms with E-state index in [4.69, 9.17) is 4.74 Å². The van der Waals surface area contributed by atoms with Crippen molar-refractivity contribution in [3.05, 3.63) is 53.0 Å². The minimum Gasteiger partial charge on any atom is -0.484 e. The first-order valence-electron chi connectivity index (χ1n) is 9.13. The number of hydrogen-bond acceptors (Lipinski definition) is 4. The largest absolute Gasteiger partial charge is 0.484 e. The van der Waals surface area contributed by atoms with Gasteiger partial charge in [0.1, 0.15) is 5.75 Å². The first-order valence-corrected chi connectivity index (χ1v) is 11.4. The summed E-state index contributed by atoms with van der Waals surface area (Å²) in [7, 11) is -3.48. The molecule has 2 aromatic carbocycles. The average Bonchev–Trinajstić information content (AvgIpc) is 2.67. The third-order valence-corrected chi connectivity index (χ3v) is 7.09. The summed E-state index contributed by atoms with van der Waals surface area (Å²) in [5, 5.41) is 2.74. The van der Waals surface area contributed by atoms with Crippen molar-refractivity contribution in [3.8, 4) is 5.75 Å². The molecule has 0 aliphatic carbocycles. The van der Waals surface area contributed by atoms with Gasteiger partial charge in [-0.1, -0.05) is 28.9 Å². The fourth-order valence-corrected chi connectivity index (χ4v) is 4.86. The number of benzene rings is 2. The zero-order valence-electron chi connectivity index (χ0n) is 15.6. The molecule has 8 heteroatoms. The highest BCUT2D eigenvalue weighted by Crippen LogP contribution is 2.25. The second-order valence-corrected chi connectivity index (χ2v) is 9.76. The SMILES string of the molecule is CC1CCN(S(=O)(=O)c2ccc(OCC(=O)Nc3cccc(Br)c3)cc2)CC1. The maximum absolute atomic E-state index is 12.7. The van der Waals surface area contributed by atoms with E-state index >= 15 is 0 Å². The van der Waals surface area contributed by atoms with E-state index in [-0.39, 0.29) is 17.4 Å². The van der Waals surface area contributed by atoms with Gasteiger partial charge in [0.2, 0.25) is 10.0 Å². The normalized spacial score (nSPS) is 15.9. The Hall–Kier alpha value is -1.90. The Morgan fingerprint density at radius 3 is 2.50 bits per heavy atom. The standard InChI is InChI=1S/C20H23BrN2O4S/c1-15-9-11-23(12-10-15)28(25,26)19-7-5-18(6-8-19)27-14-20(24)22-17-4-2-3-16(21)13-17/h2-8,13,15H,9-12,14H2,1H3,(H,22,24). The van der Waals surface area contributed by atoms with E-state index in [1.54, 1.807) is 24.3 Å². The minimum absolute atomic E-state index is 0.164. The molecule has 6 nitrogen and oxygen atoms in total. The highest BCUT2D eigenvalue weighted by Gasteiger charge is 2.27. The van der Waals surface area contributed by atoms with Crippen molar-refractivity contribution in [2.24, 2.45) is 5.92 Å². The van der Waals surface area contributed by atoms with Crippen LogP contribution in [-0.2, 0) is 14.8 Å². The molecule has 0 aromatic heterocycles. The number of sulfonamides is 1. The first-order chi connectivity index (χ1) is 13.3. The molecule has 0 saturated carbocycles. The number of amides is 1. The van der Waals surface area contributed by atoms with Crippen LogP contribution in [0.5, 0.6) is 5.75 Å². The number of piperidine rings is 1. The van der Waals surface area contributed by atoms with Crippen LogP contribution in [0.3, 0.4) is 0 Å². The molecule has 3 rings (SSSR count). The third-order valence-electron chi connectivity index (χ3n) is 4.68. The summed E-state index contributed by atoms with van der Waals surface area (Å²) in [6, 6.07) is 13.5. The molecule has 0 spiro atoms. The second kappa shape index (κ2) is 9.07. The predicted octanol–water partition coefficient (Wildman–Crippen LogP) is 3.89. The van der Waals surface area contributed by atoms with Crippen LogP contribution in [0.1, 0.15) is 19.8 Å². The Kier molecular flexibility index (Phi) is 6.74. The van der Waals surface area contributed by atoms with Crippen LogP contribution in [0.2, 0.25) is 0 Å². The Bertz CT molecular complexity index is 923. The molecular formula is C20H23BrN2O4S. The maximum Gasteiger partial charge on any atom is 0.262 e. The van der Waals surface area contributed by atoms with Gasteiger partial charge < -0.3 is 10.1 Å². The molecule has 28 heavy (non-hydrogen) atoms. The van der Waals surface area contributed by atoms with Gasteiger partial charge in [0.15, 0.2) is 6.61 Å². The van der Waals surface area contributed by atoms with E-state index in [0.717, 1.165) is 17.3 Å². The molecule has 1 fully saturated rings. The van der Waals surface area contributed by atoms with E-state index < -0.39 is 10.0 Å². The van der Waals surface area contributed by atoms with Crippen molar-refractivity contribution in [1.29, 1.82) is 0 Å². The second-order valence-electron chi connectivity index (χ2n) is 6.91. The molecule has 1 aliphatic heterocycles. The fraction of sp³-hybridized carbons (Fsp3) is 0.350. The summed E-state index contributed by atoms with van der Waals surface area (Å²) >= 11 is 3.35. The highest BCUT2D eigenvalue weighted by molar-refractivity contribution is 9.10. The number of halogens is 1. The summed E-state index contributed by atoms with van der Waals surface area (Å²) in [5.74, 6) is 0.707. The van der Waals surface area contributed by atoms with Gasteiger partial charge in [-0.15, -0.1) is 0 Å². The van der Waals surface area contributed by atoms with E-state index in [1.165, 1.54) is 16.4 Å². The number of carbonyl (C=O) groups is 1. The van der Waals surface area contributed by atoms with E-state index in [2.05, 4.69) is 28.2 Å². The molecule has 2 aromatic rings. The van der Waals surface area contributed by atoms with E-state index in [1.807, 2.05) is 12.1 Å². The van der Waals surface area contributed by atoms with Crippen LogP contribution >= 0.6 is 15.9 Å². The molecule has 0 atom stereocenters. The van der Waals surface area contributed by atoms with Crippen molar-refractivity contribution in [3.63, 3.8) is 0 Å². The predicted molar refractivity (Wildman–Crippen MR) is 112 cm³/mol. The average molecular weight is 467 g/mol. The summed E-state index contributed by atoms with van der Waals surface area (Å²) in [4.78, 5) is 12.2. The molecular weight excluding hydrogens is 444 g/mol. The number of rotatable bonds is 6. The summed E-state index contributed by atoms with van der Waals surface area (Å²) in [6.07, 6.45) is 1.76. The van der Waals surface area contributed by atoms with Crippen LogP contribution < -0.4 is 10.1 Å². The van der Waals surface area contributed by atoms with Crippen LogP contribution in [0, 0.1) is 5.92 Å². The zero-order chi connectivity index (χ0) is 20.1. The van der Waals surface area contributed by atoms with Crippen molar-refractivity contribution in [2.45, 2.75) is 24.7 Å². The summed E-state index contributed by atoms with van der Waals surface area (Å²) < 4.78 is 33.3. The van der Waals surface area contributed by atoms with E-state index in [9.17, 15) is 13.2 Å². The Morgan fingerprint density at radius 2 is 1.86 bits per heavy atom. The van der Waals surface area contributed by atoms with Crippen LogP contribution in [0.4, 0.5) is 5.69 Å². The van der Waals surface area contributed by atoms with Gasteiger partial charge in [0, 0.05) is 23.2 Å². The highest BCUT2D eigenvalue weighted by atomic mass is 79.9. The smallest absolute Gasteiger partial charge is 0.262 e. The van der Waals surface area contributed by atoms with Crippen LogP contribution in [0.15, 0.2) is 57.9 Å². The molecule has 1 amide bonds. The molecule has 1 aliphatic rings. The summed E-state index contributed by atoms with van der Waals surface area (Å²) in [6.45, 7) is 3.08. The Morgan fingerprint density at radius 1 is 1.18 bits per heavy atom. The van der Waals surface area contributed by atoms with Crippen LogP contribution in [-0.4, -0.2) is 38.3 Å². The zero-order valence-corrected chi connectivity index (χ0v) is 18.0. The number of nitrogens with one attached hydrogen (secondary N) is 1. The molecule has 0 bridgehead atoms. The number of ether oxygens (including phenoxy) is 1. The van der Waals surface area contributed by atoms with Gasteiger partial charge in [-0.2, -0.15) is 4.31 Å². The van der Waals surface area contributed by atoms with Gasteiger partial charge in [-0.3, -0.25) is 4.79 Å². The number of nitrogens with zero attached hydrogens (tertiary/aromatic N) is 1. The van der Waals surface area contributed by atoms with Gasteiger partial charge in [-0.05, 0) is 61.2 Å². The Labute approximate surface area is 174 Å².